The zero-order chi connectivity index (χ0) is 15.3. The minimum atomic E-state index is 0. The summed E-state index contributed by atoms with van der Waals surface area (Å²) >= 11 is 0. The number of para-hydroxylation sites is 3. The van der Waals surface area contributed by atoms with Crippen LogP contribution in [0.1, 0.15) is 0 Å². The van der Waals surface area contributed by atoms with E-state index in [4.69, 9.17) is 0 Å². The van der Waals surface area contributed by atoms with Crippen molar-refractivity contribution < 1.29 is 34.8 Å². The van der Waals surface area contributed by atoms with Crippen LogP contribution < -0.4 is 15.3 Å². The first-order valence-electron chi connectivity index (χ1n) is 6.34. The van der Waals surface area contributed by atoms with E-state index in [0.29, 0.717) is 0 Å². The Morgan fingerprint density at radius 2 is 0.545 bits per heavy atom. The zero-order valence-electron chi connectivity index (χ0n) is 11.7. The molecule has 0 N–H and O–H groups in total. The van der Waals surface area contributed by atoms with Crippen molar-refractivity contribution in [3.63, 3.8) is 0 Å². The summed E-state index contributed by atoms with van der Waals surface area (Å²) in [5.41, 5.74) is 0. The molecule has 0 saturated carbocycles. The Balaban J connectivity index is 0.000000294. The molecule has 114 valence electrons. The quantitative estimate of drug-likeness (QED) is 0.561. The molecule has 0 unspecified atom stereocenters. The van der Waals surface area contributed by atoms with Gasteiger partial charge >= 0.3 is 19.5 Å². The summed E-state index contributed by atoms with van der Waals surface area (Å²) in [5, 5.41) is 30.8. The van der Waals surface area contributed by atoms with E-state index in [-0.39, 0.29) is 36.7 Å². The van der Waals surface area contributed by atoms with Gasteiger partial charge in [-0.15, -0.1) is 17.2 Å². The van der Waals surface area contributed by atoms with Crippen LogP contribution in [0, 0.1) is 0 Å². The van der Waals surface area contributed by atoms with Crippen molar-refractivity contribution in [1.82, 2.24) is 0 Å². The molecular weight excluding hydrogens is 367 g/mol. The molecule has 0 amide bonds. The largest absolute Gasteiger partial charge is 3.00 e. The molecule has 0 heterocycles. The molecular formula is C18H15O3Rh. The molecule has 0 radical (unpaired) electrons. The third kappa shape index (κ3) is 10.5. The van der Waals surface area contributed by atoms with Crippen LogP contribution in [0.25, 0.3) is 0 Å². The Morgan fingerprint density at radius 3 is 0.636 bits per heavy atom. The van der Waals surface area contributed by atoms with Crippen molar-refractivity contribution in [2.24, 2.45) is 0 Å². The van der Waals surface area contributed by atoms with Crippen LogP contribution in [0.5, 0.6) is 17.2 Å². The monoisotopic (exact) mass is 382 g/mol. The van der Waals surface area contributed by atoms with E-state index in [2.05, 4.69) is 0 Å². The molecule has 3 rings (SSSR count). The standard InChI is InChI=1S/3C6H6O.Rh/c3*7-6-4-2-1-3-5-6;/h3*1-5,7H;/q;;;+3/p-3. The van der Waals surface area contributed by atoms with E-state index >= 15 is 0 Å². The van der Waals surface area contributed by atoms with E-state index in [0.717, 1.165) is 0 Å². The summed E-state index contributed by atoms with van der Waals surface area (Å²) in [5.74, 6) is 0.215. The molecule has 0 saturated heterocycles. The van der Waals surface area contributed by atoms with Gasteiger partial charge in [-0.3, -0.25) is 0 Å². The van der Waals surface area contributed by atoms with E-state index in [1.165, 1.54) is 36.4 Å². The fourth-order valence-electron chi connectivity index (χ4n) is 1.26. The van der Waals surface area contributed by atoms with Crippen molar-refractivity contribution in [1.29, 1.82) is 0 Å². The van der Waals surface area contributed by atoms with Gasteiger partial charge in [-0.25, -0.2) is 0 Å². The average molecular weight is 382 g/mol. The molecule has 0 aliphatic heterocycles. The fraction of sp³-hybridized carbons (Fsp3) is 0. The second-order valence-electron chi connectivity index (χ2n) is 3.94. The van der Waals surface area contributed by atoms with Crippen LogP contribution in [-0.2, 0) is 19.5 Å². The molecule has 0 bridgehead atoms. The Bertz CT molecular complexity index is 497. The van der Waals surface area contributed by atoms with Crippen molar-refractivity contribution in [2.75, 3.05) is 0 Å². The third-order valence-corrected chi connectivity index (χ3v) is 2.23. The van der Waals surface area contributed by atoms with Crippen molar-refractivity contribution in [3.8, 4) is 17.2 Å². The number of benzene rings is 3. The van der Waals surface area contributed by atoms with E-state index < -0.39 is 0 Å². The normalized spacial score (nSPS) is 8.18. The molecule has 3 aromatic carbocycles. The molecule has 0 aliphatic rings. The molecule has 3 nitrogen and oxygen atoms in total. The molecule has 0 spiro atoms. The smallest absolute Gasteiger partial charge is 0.872 e. The van der Waals surface area contributed by atoms with E-state index in [1.807, 2.05) is 18.2 Å². The van der Waals surface area contributed by atoms with Gasteiger partial charge in [-0.1, -0.05) is 91.0 Å². The van der Waals surface area contributed by atoms with E-state index in [1.54, 1.807) is 36.4 Å². The van der Waals surface area contributed by atoms with Crippen LogP contribution in [0.15, 0.2) is 91.0 Å². The fourth-order valence-corrected chi connectivity index (χ4v) is 1.26. The summed E-state index contributed by atoms with van der Waals surface area (Å²) in [7, 11) is 0. The molecule has 0 aromatic heterocycles. The van der Waals surface area contributed by atoms with Crippen LogP contribution in [0.2, 0.25) is 0 Å². The molecule has 22 heavy (non-hydrogen) atoms. The first-order valence-corrected chi connectivity index (χ1v) is 6.34. The third-order valence-electron chi connectivity index (χ3n) is 2.23. The maximum absolute atomic E-state index is 10.3. The molecule has 0 atom stereocenters. The first-order chi connectivity index (χ1) is 10.2. The van der Waals surface area contributed by atoms with Gasteiger partial charge in [0.1, 0.15) is 0 Å². The van der Waals surface area contributed by atoms with Gasteiger partial charge in [0.2, 0.25) is 0 Å². The minimum Gasteiger partial charge on any atom is -0.872 e. The van der Waals surface area contributed by atoms with E-state index in [9.17, 15) is 15.3 Å². The van der Waals surface area contributed by atoms with Crippen molar-refractivity contribution in [3.05, 3.63) is 91.0 Å². The van der Waals surface area contributed by atoms with Gasteiger partial charge in [0.15, 0.2) is 0 Å². The van der Waals surface area contributed by atoms with Crippen LogP contribution >= 0.6 is 0 Å². The number of hydrogen-bond donors (Lipinski definition) is 0. The molecule has 4 heteroatoms. The Kier molecular flexibility index (Phi) is 11.1. The van der Waals surface area contributed by atoms with Crippen molar-refractivity contribution >= 4 is 0 Å². The molecule has 0 fully saturated rings. The predicted octanol–water partition coefficient (Wildman–Crippen LogP) is 2.28. The van der Waals surface area contributed by atoms with Crippen LogP contribution in [-0.4, -0.2) is 0 Å². The maximum Gasteiger partial charge on any atom is 3.00 e. The summed E-state index contributed by atoms with van der Waals surface area (Å²) in [6, 6.07) is 25.0. The number of hydrogen-bond acceptors (Lipinski definition) is 3. The Morgan fingerprint density at radius 1 is 0.364 bits per heavy atom. The van der Waals surface area contributed by atoms with Gasteiger partial charge in [-0.05, 0) is 0 Å². The van der Waals surface area contributed by atoms with Gasteiger partial charge < -0.3 is 15.3 Å². The van der Waals surface area contributed by atoms with Gasteiger partial charge in [0, 0.05) is 0 Å². The molecule has 0 aliphatic carbocycles. The number of rotatable bonds is 0. The van der Waals surface area contributed by atoms with Crippen LogP contribution in [0.4, 0.5) is 0 Å². The topological polar surface area (TPSA) is 69.2 Å². The minimum absolute atomic E-state index is 0. The summed E-state index contributed by atoms with van der Waals surface area (Å²) in [4.78, 5) is 0. The molecule has 3 aromatic rings. The second-order valence-corrected chi connectivity index (χ2v) is 3.94. The summed E-state index contributed by atoms with van der Waals surface area (Å²) in [6.45, 7) is 0. The van der Waals surface area contributed by atoms with Gasteiger partial charge in [-0.2, -0.15) is 0 Å². The van der Waals surface area contributed by atoms with Crippen LogP contribution in [0.3, 0.4) is 0 Å². The zero-order valence-corrected chi connectivity index (χ0v) is 13.4. The van der Waals surface area contributed by atoms with Gasteiger partial charge in [0.05, 0.1) is 0 Å². The second kappa shape index (κ2) is 12.4. The average Bonchev–Trinajstić information content (AvgIpc) is 2.51. The Hall–Kier alpha value is -2.32. The predicted molar refractivity (Wildman–Crippen MR) is 77.7 cm³/mol. The van der Waals surface area contributed by atoms with Crippen molar-refractivity contribution in [2.45, 2.75) is 0 Å². The SMILES string of the molecule is [O-]c1ccccc1.[O-]c1ccccc1.[O-]c1ccccc1.[Rh+3]. The van der Waals surface area contributed by atoms with Gasteiger partial charge in [0.25, 0.3) is 0 Å². The first kappa shape index (κ1) is 19.7. The summed E-state index contributed by atoms with van der Waals surface area (Å²) < 4.78 is 0. The Labute approximate surface area is 143 Å². The summed E-state index contributed by atoms with van der Waals surface area (Å²) in [6.07, 6.45) is 0. The maximum atomic E-state index is 10.3.